The molecule has 0 saturated carbocycles. The lowest BCUT2D eigenvalue weighted by Crippen LogP contribution is -2.33. The molecule has 19 heavy (non-hydrogen) atoms. The van der Waals surface area contributed by atoms with E-state index in [9.17, 15) is 17.6 Å². The van der Waals surface area contributed by atoms with E-state index in [1.54, 1.807) is 6.07 Å². The van der Waals surface area contributed by atoms with Crippen LogP contribution < -0.4 is 4.90 Å². The standard InChI is InChI=1S/C13H13F4NO/c14-11-3-1-2-9(8-19)12(11)18-6-4-10(5-7-18)13(15,16)17/h1-4,19H,5-8H2. The Bertz CT molecular complexity index is 496. The Morgan fingerprint density at radius 2 is 2.00 bits per heavy atom. The van der Waals surface area contributed by atoms with E-state index in [1.165, 1.54) is 17.0 Å². The summed E-state index contributed by atoms with van der Waals surface area (Å²) in [6.45, 7) is -0.276. The van der Waals surface area contributed by atoms with Crippen LogP contribution in [0.25, 0.3) is 0 Å². The zero-order valence-electron chi connectivity index (χ0n) is 10.0. The predicted octanol–water partition coefficient (Wildman–Crippen LogP) is 3.02. The van der Waals surface area contributed by atoms with E-state index >= 15 is 0 Å². The average Bonchev–Trinajstić information content (AvgIpc) is 2.37. The van der Waals surface area contributed by atoms with Gasteiger partial charge in [-0.25, -0.2) is 4.39 Å². The van der Waals surface area contributed by atoms with Crippen molar-refractivity contribution in [2.45, 2.75) is 19.2 Å². The molecule has 104 valence electrons. The maximum Gasteiger partial charge on any atom is 0.412 e. The monoisotopic (exact) mass is 275 g/mol. The van der Waals surface area contributed by atoms with Crippen LogP contribution in [-0.2, 0) is 6.61 Å². The second-order valence-electron chi connectivity index (χ2n) is 4.33. The Labute approximate surface area is 108 Å². The summed E-state index contributed by atoms with van der Waals surface area (Å²) in [6.07, 6.45) is -3.43. The Morgan fingerprint density at radius 3 is 2.53 bits per heavy atom. The molecule has 1 heterocycles. The minimum Gasteiger partial charge on any atom is -0.392 e. The molecule has 0 atom stereocenters. The predicted molar refractivity (Wildman–Crippen MR) is 63.3 cm³/mol. The zero-order valence-corrected chi connectivity index (χ0v) is 10.0. The van der Waals surface area contributed by atoms with Crippen LogP contribution in [0.1, 0.15) is 12.0 Å². The second kappa shape index (κ2) is 5.21. The highest BCUT2D eigenvalue weighted by Crippen LogP contribution is 2.33. The van der Waals surface area contributed by atoms with Crippen LogP contribution >= 0.6 is 0 Å². The summed E-state index contributed by atoms with van der Waals surface area (Å²) in [5.74, 6) is -0.532. The summed E-state index contributed by atoms with van der Waals surface area (Å²) in [6, 6.07) is 4.25. The Balaban J connectivity index is 2.25. The summed E-state index contributed by atoms with van der Waals surface area (Å²) >= 11 is 0. The van der Waals surface area contributed by atoms with Crippen molar-refractivity contribution < 1.29 is 22.7 Å². The molecule has 1 aliphatic heterocycles. The van der Waals surface area contributed by atoms with Gasteiger partial charge >= 0.3 is 6.18 Å². The highest BCUT2D eigenvalue weighted by molar-refractivity contribution is 5.56. The number of para-hydroxylation sites is 1. The van der Waals surface area contributed by atoms with Crippen molar-refractivity contribution >= 4 is 5.69 Å². The minimum atomic E-state index is -4.32. The summed E-state index contributed by atoms with van der Waals surface area (Å²) in [5.41, 5.74) is -0.0167. The molecule has 0 unspecified atom stereocenters. The molecular weight excluding hydrogens is 262 g/mol. The van der Waals surface area contributed by atoms with Gasteiger partial charge in [0.15, 0.2) is 0 Å². The van der Waals surface area contributed by atoms with Gasteiger partial charge in [-0.2, -0.15) is 13.2 Å². The van der Waals surface area contributed by atoms with E-state index in [-0.39, 0.29) is 31.8 Å². The van der Waals surface area contributed by atoms with Gasteiger partial charge in [-0.3, -0.25) is 0 Å². The molecule has 0 aliphatic carbocycles. The Morgan fingerprint density at radius 1 is 1.26 bits per heavy atom. The Hall–Kier alpha value is -1.56. The molecule has 0 spiro atoms. The van der Waals surface area contributed by atoms with Crippen molar-refractivity contribution in [3.63, 3.8) is 0 Å². The molecule has 2 nitrogen and oxygen atoms in total. The first kappa shape index (κ1) is 13.9. The first-order valence-electron chi connectivity index (χ1n) is 5.83. The molecule has 0 aromatic heterocycles. The van der Waals surface area contributed by atoms with E-state index < -0.39 is 17.6 Å². The average molecular weight is 275 g/mol. The van der Waals surface area contributed by atoms with Gasteiger partial charge in [0.25, 0.3) is 0 Å². The molecule has 0 bridgehead atoms. The van der Waals surface area contributed by atoms with Crippen molar-refractivity contribution in [3.8, 4) is 0 Å². The van der Waals surface area contributed by atoms with Crippen molar-refractivity contribution in [1.82, 2.24) is 0 Å². The smallest absolute Gasteiger partial charge is 0.392 e. The zero-order chi connectivity index (χ0) is 14.0. The van der Waals surface area contributed by atoms with Gasteiger partial charge in [0.05, 0.1) is 12.3 Å². The summed E-state index contributed by atoms with van der Waals surface area (Å²) < 4.78 is 51.2. The SMILES string of the molecule is OCc1cccc(F)c1N1CC=C(C(F)(F)F)CC1. The van der Waals surface area contributed by atoms with Gasteiger partial charge in [-0.1, -0.05) is 18.2 Å². The molecular formula is C13H13F4NO. The second-order valence-corrected chi connectivity index (χ2v) is 4.33. The normalized spacial score (nSPS) is 16.5. The third-order valence-corrected chi connectivity index (χ3v) is 3.13. The molecule has 1 aromatic carbocycles. The maximum atomic E-state index is 13.8. The lowest BCUT2D eigenvalue weighted by molar-refractivity contribution is -0.0944. The number of benzene rings is 1. The molecule has 0 amide bonds. The number of alkyl halides is 3. The molecule has 1 N–H and O–H groups in total. The molecule has 1 aliphatic rings. The fourth-order valence-corrected chi connectivity index (χ4v) is 2.17. The van der Waals surface area contributed by atoms with Crippen LogP contribution in [0.4, 0.5) is 23.2 Å². The van der Waals surface area contributed by atoms with Crippen LogP contribution in [-0.4, -0.2) is 24.4 Å². The number of aliphatic hydroxyl groups is 1. The summed E-state index contributed by atoms with van der Waals surface area (Å²) in [7, 11) is 0. The number of halogens is 4. The fraction of sp³-hybridized carbons (Fsp3) is 0.385. The van der Waals surface area contributed by atoms with Crippen LogP contribution in [0.5, 0.6) is 0 Å². The highest BCUT2D eigenvalue weighted by atomic mass is 19.4. The van der Waals surface area contributed by atoms with Crippen LogP contribution in [0.15, 0.2) is 29.8 Å². The van der Waals surface area contributed by atoms with E-state index in [0.717, 1.165) is 6.08 Å². The number of aliphatic hydroxyl groups excluding tert-OH is 1. The van der Waals surface area contributed by atoms with Gasteiger partial charge in [-0.05, 0) is 12.5 Å². The third kappa shape index (κ3) is 2.89. The van der Waals surface area contributed by atoms with Crippen LogP contribution in [0.3, 0.4) is 0 Å². The van der Waals surface area contributed by atoms with Gasteiger partial charge in [0, 0.05) is 24.2 Å². The fourth-order valence-electron chi connectivity index (χ4n) is 2.17. The quantitative estimate of drug-likeness (QED) is 0.662. The molecule has 6 heteroatoms. The van der Waals surface area contributed by atoms with Gasteiger partial charge in [0.2, 0.25) is 0 Å². The van der Waals surface area contributed by atoms with Gasteiger partial charge < -0.3 is 10.0 Å². The van der Waals surface area contributed by atoms with E-state index in [2.05, 4.69) is 0 Å². The lowest BCUT2D eigenvalue weighted by atomic mass is 10.1. The maximum absolute atomic E-state index is 13.8. The number of hydrogen-bond donors (Lipinski definition) is 1. The van der Waals surface area contributed by atoms with Crippen molar-refractivity contribution in [2.24, 2.45) is 0 Å². The number of anilines is 1. The number of rotatable bonds is 2. The number of hydrogen-bond acceptors (Lipinski definition) is 2. The summed E-state index contributed by atoms with van der Waals surface area (Å²) in [4.78, 5) is 1.51. The molecule has 2 rings (SSSR count). The Kier molecular flexibility index (Phi) is 3.80. The van der Waals surface area contributed by atoms with Gasteiger partial charge in [0.1, 0.15) is 5.82 Å². The van der Waals surface area contributed by atoms with E-state index in [0.29, 0.717) is 5.56 Å². The first-order valence-corrected chi connectivity index (χ1v) is 5.83. The van der Waals surface area contributed by atoms with Crippen LogP contribution in [0, 0.1) is 5.82 Å². The van der Waals surface area contributed by atoms with Crippen molar-refractivity contribution in [3.05, 3.63) is 41.2 Å². The van der Waals surface area contributed by atoms with E-state index in [1.807, 2.05) is 0 Å². The highest BCUT2D eigenvalue weighted by Gasteiger charge is 2.35. The molecule has 0 fully saturated rings. The van der Waals surface area contributed by atoms with Crippen molar-refractivity contribution in [2.75, 3.05) is 18.0 Å². The first-order chi connectivity index (χ1) is 8.93. The molecule has 0 saturated heterocycles. The van der Waals surface area contributed by atoms with Gasteiger partial charge in [-0.15, -0.1) is 0 Å². The summed E-state index contributed by atoms with van der Waals surface area (Å²) in [5, 5.41) is 9.17. The lowest BCUT2D eigenvalue weighted by Gasteiger charge is -2.30. The number of nitrogens with zero attached hydrogens (tertiary/aromatic N) is 1. The third-order valence-electron chi connectivity index (χ3n) is 3.13. The van der Waals surface area contributed by atoms with E-state index in [4.69, 9.17) is 5.11 Å². The van der Waals surface area contributed by atoms with Crippen LogP contribution in [0.2, 0.25) is 0 Å². The topological polar surface area (TPSA) is 23.5 Å². The molecule has 1 aromatic rings. The molecule has 0 radical (unpaired) electrons. The largest absolute Gasteiger partial charge is 0.412 e. The van der Waals surface area contributed by atoms with Crippen molar-refractivity contribution in [1.29, 1.82) is 0 Å². The minimum absolute atomic E-state index is 0.0111.